The number of aromatic nitrogens is 3. The summed E-state index contributed by atoms with van der Waals surface area (Å²) >= 11 is 0. The van der Waals surface area contributed by atoms with Gasteiger partial charge in [0.2, 0.25) is 0 Å². The maximum atomic E-state index is 10.6. The van der Waals surface area contributed by atoms with Crippen molar-refractivity contribution < 1.29 is 9.90 Å². The molecule has 0 amide bonds. The third-order valence-electron chi connectivity index (χ3n) is 2.70. The molecule has 0 aliphatic carbocycles. The summed E-state index contributed by atoms with van der Waals surface area (Å²) in [7, 11) is 0. The zero-order valence-corrected chi connectivity index (χ0v) is 10.6. The molecule has 0 fully saturated rings. The average Bonchev–Trinajstić information content (AvgIpc) is 2.68. The van der Waals surface area contributed by atoms with Crippen molar-refractivity contribution in [1.29, 1.82) is 0 Å². The van der Waals surface area contributed by atoms with Crippen molar-refractivity contribution in [3.05, 3.63) is 29.7 Å². The molecule has 0 bridgehead atoms. The minimum atomic E-state index is -0.803. The van der Waals surface area contributed by atoms with Crippen molar-refractivity contribution in [3.63, 3.8) is 0 Å². The van der Waals surface area contributed by atoms with Crippen LogP contribution in [-0.2, 0) is 17.6 Å². The normalized spacial score (nSPS) is 11.3. The van der Waals surface area contributed by atoms with Crippen LogP contribution in [0.5, 0.6) is 0 Å². The van der Waals surface area contributed by atoms with E-state index < -0.39 is 5.97 Å². The van der Waals surface area contributed by atoms with E-state index in [-0.39, 0.29) is 6.42 Å². The number of carboxylic acids is 1. The molecule has 2 aromatic rings. The van der Waals surface area contributed by atoms with Crippen molar-refractivity contribution in [2.24, 2.45) is 5.92 Å². The van der Waals surface area contributed by atoms with Crippen LogP contribution in [0.3, 0.4) is 0 Å². The predicted octanol–water partition coefficient (Wildman–Crippen LogP) is 1.95. The van der Waals surface area contributed by atoms with Crippen LogP contribution < -0.4 is 0 Å². The molecule has 96 valence electrons. The highest BCUT2D eigenvalue weighted by molar-refractivity contribution is 5.67. The predicted molar refractivity (Wildman–Crippen MR) is 67.5 cm³/mol. The van der Waals surface area contributed by atoms with Gasteiger partial charge in [-0.05, 0) is 24.5 Å². The molecule has 0 aromatic carbocycles. The van der Waals surface area contributed by atoms with E-state index in [0.29, 0.717) is 12.3 Å². The number of carbonyl (C=O) groups is 1. The molecule has 2 rings (SSSR count). The van der Waals surface area contributed by atoms with Crippen LogP contribution in [0.25, 0.3) is 5.65 Å². The van der Waals surface area contributed by atoms with E-state index in [1.165, 1.54) is 0 Å². The lowest BCUT2D eigenvalue weighted by Crippen LogP contribution is -2.05. The molecular weight excluding hydrogens is 230 g/mol. The Labute approximate surface area is 105 Å². The van der Waals surface area contributed by atoms with E-state index in [0.717, 1.165) is 23.5 Å². The van der Waals surface area contributed by atoms with Gasteiger partial charge in [0.25, 0.3) is 0 Å². The molecule has 0 unspecified atom stereocenters. The van der Waals surface area contributed by atoms with Gasteiger partial charge in [0.05, 0.1) is 24.0 Å². The minimum Gasteiger partial charge on any atom is -0.481 e. The summed E-state index contributed by atoms with van der Waals surface area (Å²) in [5.41, 5.74) is 2.62. The molecule has 0 atom stereocenters. The Morgan fingerprint density at radius 3 is 2.89 bits per heavy atom. The number of rotatable bonds is 5. The Morgan fingerprint density at radius 1 is 1.44 bits per heavy atom. The highest BCUT2D eigenvalue weighted by Crippen LogP contribution is 2.10. The van der Waals surface area contributed by atoms with Crippen LogP contribution in [0, 0.1) is 5.92 Å². The highest BCUT2D eigenvalue weighted by atomic mass is 16.4. The van der Waals surface area contributed by atoms with Gasteiger partial charge in [-0.1, -0.05) is 13.8 Å². The van der Waals surface area contributed by atoms with Crippen LogP contribution in [0.15, 0.2) is 18.3 Å². The fraction of sp³-hybridized carbons (Fsp3) is 0.462. The first kappa shape index (κ1) is 12.5. The van der Waals surface area contributed by atoms with Gasteiger partial charge >= 0.3 is 5.97 Å². The van der Waals surface area contributed by atoms with Gasteiger partial charge < -0.3 is 5.11 Å². The quantitative estimate of drug-likeness (QED) is 0.876. The van der Waals surface area contributed by atoms with Gasteiger partial charge in [-0.2, -0.15) is 5.10 Å². The van der Waals surface area contributed by atoms with Crippen molar-refractivity contribution in [1.82, 2.24) is 14.6 Å². The van der Waals surface area contributed by atoms with Crippen LogP contribution in [-0.4, -0.2) is 25.7 Å². The number of hydrogen-bond donors (Lipinski definition) is 1. The smallest absolute Gasteiger partial charge is 0.303 e. The topological polar surface area (TPSA) is 67.5 Å². The van der Waals surface area contributed by atoms with Gasteiger partial charge in [0, 0.05) is 6.42 Å². The minimum absolute atomic E-state index is 0.101. The molecule has 1 N–H and O–H groups in total. The highest BCUT2D eigenvalue weighted by Gasteiger charge is 2.08. The van der Waals surface area contributed by atoms with E-state index in [9.17, 15) is 4.79 Å². The Bertz CT molecular complexity index is 560. The van der Waals surface area contributed by atoms with Gasteiger partial charge in [-0.15, -0.1) is 0 Å². The fourth-order valence-electron chi connectivity index (χ4n) is 1.89. The Kier molecular flexibility index (Phi) is 3.60. The maximum absolute atomic E-state index is 10.6. The molecule has 0 aliphatic heterocycles. The summed E-state index contributed by atoms with van der Waals surface area (Å²) in [5, 5.41) is 13.2. The molecule has 0 saturated heterocycles. The molecule has 0 spiro atoms. The lowest BCUT2D eigenvalue weighted by molar-refractivity contribution is -0.136. The van der Waals surface area contributed by atoms with E-state index in [4.69, 9.17) is 5.11 Å². The number of carboxylic acid groups (broad SMARTS) is 1. The molecule has 2 heterocycles. The summed E-state index contributed by atoms with van der Waals surface area (Å²) < 4.78 is 1.75. The van der Waals surface area contributed by atoms with Crippen molar-refractivity contribution >= 4 is 11.6 Å². The monoisotopic (exact) mass is 247 g/mol. The molecule has 18 heavy (non-hydrogen) atoms. The Hall–Kier alpha value is -1.91. The van der Waals surface area contributed by atoms with Crippen LogP contribution in [0.4, 0.5) is 0 Å². The molecule has 0 saturated carbocycles. The number of aliphatic carboxylic acids is 1. The summed E-state index contributed by atoms with van der Waals surface area (Å²) in [6.45, 7) is 4.29. The zero-order valence-electron chi connectivity index (χ0n) is 10.6. The molecule has 5 heteroatoms. The van der Waals surface area contributed by atoms with Crippen molar-refractivity contribution in [3.8, 4) is 0 Å². The van der Waals surface area contributed by atoms with Crippen LogP contribution in [0.1, 0.15) is 31.7 Å². The number of fused-ring (bicyclic) bond motifs is 1. The lowest BCUT2D eigenvalue weighted by Gasteiger charge is -2.05. The second-order valence-corrected chi connectivity index (χ2v) is 4.84. The number of imidazole rings is 1. The molecule has 2 aromatic heterocycles. The van der Waals surface area contributed by atoms with Gasteiger partial charge in [-0.3, -0.25) is 4.79 Å². The Morgan fingerprint density at radius 2 is 2.22 bits per heavy atom. The average molecular weight is 247 g/mol. The SMILES string of the molecule is CC(C)Cc1ccc2ncc(CCC(=O)O)n2n1. The summed E-state index contributed by atoms with van der Waals surface area (Å²) in [6.07, 6.45) is 3.16. The number of nitrogens with zero attached hydrogens (tertiary/aromatic N) is 3. The number of hydrogen-bond acceptors (Lipinski definition) is 3. The second-order valence-electron chi connectivity index (χ2n) is 4.84. The molecule has 5 nitrogen and oxygen atoms in total. The van der Waals surface area contributed by atoms with Gasteiger partial charge in [0.1, 0.15) is 0 Å². The first-order valence-corrected chi connectivity index (χ1v) is 6.10. The van der Waals surface area contributed by atoms with Crippen LogP contribution >= 0.6 is 0 Å². The maximum Gasteiger partial charge on any atom is 0.303 e. The molecular formula is C13H17N3O2. The van der Waals surface area contributed by atoms with Crippen LogP contribution in [0.2, 0.25) is 0 Å². The first-order valence-electron chi connectivity index (χ1n) is 6.10. The summed E-state index contributed by atoms with van der Waals surface area (Å²) in [5.74, 6) is -0.260. The van der Waals surface area contributed by atoms with Gasteiger partial charge in [-0.25, -0.2) is 9.50 Å². The van der Waals surface area contributed by atoms with Gasteiger partial charge in [0.15, 0.2) is 5.65 Å². The standard InChI is InChI=1S/C13H17N3O2/c1-9(2)7-10-3-5-12-14-8-11(16(12)15-10)4-6-13(17)18/h3,5,8-9H,4,6-7H2,1-2H3,(H,17,18). The number of aryl methyl sites for hydroxylation is 1. The van der Waals surface area contributed by atoms with E-state index in [2.05, 4.69) is 23.9 Å². The van der Waals surface area contributed by atoms with Crippen molar-refractivity contribution in [2.45, 2.75) is 33.1 Å². The Balaban J connectivity index is 2.28. The third-order valence-corrected chi connectivity index (χ3v) is 2.70. The summed E-state index contributed by atoms with van der Waals surface area (Å²) in [6, 6.07) is 3.90. The molecule has 0 radical (unpaired) electrons. The largest absolute Gasteiger partial charge is 0.481 e. The fourth-order valence-corrected chi connectivity index (χ4v) is 1.89. The van der Waals surface area contributed by atoms with E-state index in [1.807, 2.05) is 12.1 Å². The second kappa shape index (κ2) is 5.16. The lowest BCUT2D eigenvalue weighted by atomic mass is 10.1. The first-order chi connectivity index (χ1) is 8.56. The van der Waals surface area contributed by atoms with E-state index in [1.54, 1.807) is 10.7 Å². The summed E-state index contributed by atoms with van der Waals surface area (Å²) in [4.78, 5) is 14.8. The van der Waals surface area contributed by atoms with E-state index >= 15 is 0 Å². The zero-order chi connectivity index (χ0) is 13.1. The third kappa shape index (κ3) is 2.85. The van der Waals surface area contributed by atoms with Crippen molar-refractivity contribution in [2.75, 3.05) is 0 Å². The molecule has 0 aliphatic rings.